The summed E-state index contributed by atoms with van der Waals surface area (Å²) in [5, 5.41) is 2.83. The van der Waals surface area contributed by atoms with Crippen LogP contribution in [0, 0.1) is 68.5 Å². The smallest absolute Gasteiger partial charge is 0.319 e. The van der Waals surface area contributed by atoms with Gasteiger partial charge in [-0.1, -0.05) is 24.3 Å². The number of rotatable bonds is 7. The Morgan fingerprint density at radius 1 is 0.397 bits per heavy atom. The van der Waals surface area contributed by atoms with Gasteiger partial charge >= 0.3 is 6.18 Å². The summed E-state index contributed by atoms with van der Waals surface area (Å²) in [5.74, 6) is 6.07. The van der Waals surface area contributed by atoms with Crippen LogP contribution >= 0.6 is 0 Å². The highest BCUT2D eigenvalue weighted by atomic mass is 19.4. The van der Waals surface area contributed by atoms with Gasteiger partial charge in [-0.25, -0.2) is 69.5 Å². The summed E-state index contributed by atoms with van der Waals surface area (Å²) in [7, 11) is 0. The van der Waals surface area contributed by atoms with Gasteiger partial charge in [-0.2, -0.15) is 13.2 Å². The maximum absolute atomic E-state index is 15.6. The summed E-state index contributed by atoms with van der Waals surface area (Å²) in [6.45, 7) is 31.9. The fourth-order valence-electron chi connectivity index (χ4n) is 10.5. The maximum Gasteiger partial charge on any atom is 0.415 e. The van der Waals surface area contributed by atoms with E-state index in [0.717, 1.165) is 16.8 Å². The molecule has 6 aromatic carbocycles. The third-order valence-corrected chi connectivity index (χ3v) is 13.4. The molecular weight excluding hydrogens is 990 g/mol. The van der Waals surface area contributed by atoms with E-state index in [1.165, 1.54) is 12.1 Å². The zero-order chi connectivity index (χ0) is 54.5. The first-order valence-corrected chi connectivity index (χ1v) is 24.5. The van der Waals surface area contributed by atoms with E-state index >= 15 is 13.2 Å². The summed E-state index contributed by atoms with van der Waals surface area (Å²) in [4.78, 5) is 63.0. The molecule has 16 nitrogen and oxygen atoms in total. The van der Waals surface area contributed by atoms with E-state index in [0.29, 0.717) is 131 Å². The largest absolute Gasteiger partial charge is 0.415 e. The lowest BCUT2D eigenvalue weighted by Crippen LogP contribution is -2.09. The second kappa shape index (κ2) is 18.2. The van der Waals surface area contributed by atoms with Crippen LogP contribution in [0.25, 0.3) is 121 Å². The lowest BCUT2D eigenvalue weighted by Gasteiger charge is -2.23. The van der Waals surface area contributed by atoms with E-state index in [4.69, 9.17) is 6.57 Å². The molecule has 0 aliphatic carbocycles. The van der Waals surface area contributed by atoms with Crippen molar-refractivity contribution in [2.45, 2.75) is 61.6 Å². The molecule has 0 saturated carbocycles. The molecule has 0 aliphatic rings. The number of halogens is 3. The van der Waals surface area contributed by atoms with Crippen LogP contribution in [-0.4, -0.2) is 68.9 Å². The van der Waals surface area contributed by atoms with Crippen molar-refractivity contribution in [2.75, 3.05) is 0 Å². The van der Waals surface area contributed by atoms with Crippen molar-refractivity contribution in [1.82, 2.24) is 68.9 Å². The molecule has 6 aromatic heterocycles. The minimum absolute atomic E-state index is 0.000758. The lowest BCUT2D eigenvalue weighted by atomic mass is 9.94. The first-order valence-electron chi connectivity index (χ1n) is 24.5. The van der Waals surface area contributed by atoms with E-state index in [-0.39, 0.29) is 28.2 Å². The Morgan fingerprint density at radius 3 is 1.06 bits per heavy atom. The fourth-order valence-corrected chi connectivity index (χ4v) is 10.5. The topological polar surface area (TPSA) is 173 Å². The first kappa shape index (κ1) is 48.7. The predicted molar refractivity (Wildman–Crippen MR) is 291 cm³/mol. The highest BCUT2D eigenvalue weighted by molar-refractivity contribution is 6.15. The molecule has 6 heterocycles. The van der Waals surface area contributed by atoms with Gasteiger partial charge in [0.1, 0.15) is 46.6 Å². The molecule has 12 aromatic rings. The third-order valence-electron chi connectivity index (χ3n) is 13.4. The van der Waals surface area contributed by atoms with Crippen molar-refractivity contribution in [3.8, 4) is 68.1 Å². The standard InChI is InChI=1S/C59H41F3N16/c1-28-65-29(2)70-55(69-28)36-14-19-47-41(24-36)42-25-37(56-71-30(3)66-31(4)72-56)15-20-48(42)77(47)51-23-18-40(52-45(59(60,61)62)12-11-13-46(52)63-9)54(53(51)64-10)78-49-21-16-38(57-73-32(5)67-33(6)74-57)26-43(49)44-27-39(17-22-50(44)78)58-75-34(7)68-35(8)76-58/h11-27H,1-8H3. The van der Waals surface area contributed by atoms with Gasteiger partial charge in [-0.15, -0.1) is 0 Å². The number of benzene rings is 6. The minimum Gasteiger partial charge on any atom is -0.319 e. The van der Waals surface area contributed by atoms with Gasteiger partial charge in [0, 0.05) is 49.4 Å². The number of hydrogen-bond donors (Lipinski definition) is 0. The molecule has 0 bridgehead atoms. The number of nitrogens with zero attached hydrogens (tertiary/aromatic N) is 16. The molecule has 0 aliphatic heterocycles. The SMILES string of the molecule is [C-]#[N+]c1cccc(C(F)(F)F)c1-c1ccc(-n2c3ccc(-c4nc(C)nc(C)n4)cc3c3cc(-c4nc(C)nc(C)n4)ccc32)c([N+]#[C-])c1-n1c2ccc(-c3nc(C)nc(C)n3)cc2c2cc(-c3nc(C)nc(C)n3)ccc21. The molecule has 0 fully saturated rings. The molecule has 378 valence electrons. The van der Waals surface area contributed by atoms with Crippen LogP contribution < -0.4 is 0 Å². The molecule has 0 amide bonds. The molecule has 19 heteroatoms. The monoisotopic (exact) mass is 1030 g/mol. The average molecular weight is 1030 g/mol. The highest BCUT2D eigenvalue weighted by Gasteiger charge is 2.37. The van der Waals surface area contributed by atoms with E-state index in [1.54, 1.807) is 67.5 Å². The summed E-state index contributed by atoms with van der Waals surface area (Å²) in [5.41, 5.74) is 3.95. The molecule has 12 rings (SSSR count). The van der Waals surface area contributed by atoms with E-state index < -0.39 is 11.7 Å². The quantitative estimate of drug-likeness (QED) is 0.138. The Balaban J connectivity index is 1.22. The molecule has 0 unspecified atom stereocenters. The summed E-state index contributed by atoms with van der Waals surface area (Å²) in [6, 6.07) is 29.6. The molecule has 0 spiro atoms. The van der Waals surface area contributed by atoms with E-state index in [1.807, 2.05) is 81.9 Å². The van der Waals surface area contributed by atoms with Crippen LogP contribution in [-0.2, 0) is 6.18 Å². The van der Waals surface area contributed by atoms with Gasteiger partial charge in [0.05, 0.1) is 52.1 Å². The van der Waals surface area contributed by atoms with Gasteiger partial charge in [-0.05, 0) is 140 Å². The van der Waals surface area contributed by atoms with E-state index in [9.17, 15) is 6.57 Å². The maximum atomic E-state index is 15.6. The van der Waals surface area contributed by atoms with Crippen molar-refractivity contribution < 1.29 is 13.2 Å². The molecular formula is C59H41F3N16. The van der Waals surface area contributed by atoms with Crippen LogP contribution in [0.1, 0.15) is 52.2 Å². The molecule has 0 radical (unpaired) electrons. The predicted octanol–water partition coefficient (Wildman–Crippen LogP) is 13.5. The van der Waals surface area contributed by atoms with Crippen molar-refractivity contribution in [1.29, 1.82) is 0 Å². The molecule has 0 N–H and O–H groups in total. The Hall–Kier alpha value is -10.3. The van der Waals surface area contributed by atoms with Gasteiger partial charge in [-0.3, -0.25) is 0 Å². The highest BCUT2D eigenvalue weighted by Crippen LogP contribution is 2.51. The fraction of sp³-hybridized carbons (Fsp3) is 0.153. The second-order valence-corrected chi connectivity index (χ2v) is 18.9. The van der Waals surface area contributed by atoms with Crippen LogP contribution in [0.4, 0.5) is 24.5 Å². The number of alkyl halides is 3. The first-order chi connectivity index (χ1) is 37.4. The Labute approximate surface area is 443 Å². The number of hydrogen-bond acceptors (Lipinski definition) is 12. The van der Waals surface area contributed by atoms with Crippen LogP contribution in [0.2, 0.25) is 0 Å². The zero-order valence-electron chi connectivity index (χ0n) is 43.1. The number of aromatic nitrogens is 14. The Kier molecular flexibility index (Phi) is 11.4. The number of fused-ring (bicyclic) bond motifs is 6. The average Bonchev–Trinajstić information content (AvgIpc) is 4.00. The summed E-state index contributed by atoms with van der Waals surface area (Å²) < 4.78 is 50.4. The van der Waals surface area contributed by atoms with Crippen LogP contribution in [0.3, 0.4) is 0 Å². The Morgan fingerprint density at radius 2 is 0.744 bits per heavy atom. The lowest BCUT2D eigenvalue weighted by molar-refractivity contribution is -0.137. The molecule has 0 atom stereocenters. The van der Waals surface area contributed by atoms with Gasteiger partial charge < -0.3 is 9.13 Å². The van der Waals surface area contributed by atoms with Crippen LogP contribution in [0.15, 0.2) is 103 Å². The van der Waals surface area contributed by atoms with E-state index in [2.05, 4.69) is 69.5 Å². The Bertz CT molecular complexity index is 4340. The summed E-state index contributed by atoms with van der Waals surface area (Å²) >= 11 is 0. The van der Waals surface area contributed by atoms with Crippen molar-refractivity contribution in [2.24, 2.45) is 0 Å². The van der Waals surface area contributed by atoms with Crippen LogP contribution in [0.5, 0.6) is 0 Å². The van der Waals surface area contributed by atoms with Gasteiger partial charge in [0.2, 0.25) is 5.69 Å². The minimum atomic E-state index is -4.90. The van der Waals surface area contributed by atoms with Gasteiger partial charge in [0.15, 0.2) is 29.0 Å². The van der Waals surface area contributed by atoms with Crippen molar-refractivity contribution in [3.63, 3.8) is 0 Å². The van der Waals surface area contributed by atoms with Gasteiger partial charge in [0.25, 0.3) is 0 Å². The zero-order valence-corrected chi connectivity index (χ0v) is 43.1. The summed E-state index contributed by atoms with van der Waals surface area (Å²) in [6.07, 6.45) is -4.90. The van der Waals surface area contributed by atoms with Crippen molar-refractivity contribution in [3.05, 3.63) is 178 Å². The number of aryl methyl sites for hydroxylation is 8. The molecule has 78 heavy (non-hydrogen) atoms. The third kappa shape index (κ3) is 8.25. The molecule has 0 saturated heterocycles. The normalized spacial score (nSPS) is 11.8. The van der Waals surface area contributed by atoms with Crippen molar-refractivity contribution >= 4 is 55.0 Å². The second-order valence-electron chi connectivity index (χ2n) is 18.9.